The number of pyridine rings is 1. The lowest BCUT2D eigenvalue weighted by Gasteiger charge is -2.35. The topological polar surface area (TPSA) is 71.7 Å². The molecular formula is C26H26N4O3. The molecule has 0 radical (unpaired) electrons. The van der Waals surface area contributed by atoms with E-state index in [1.165, 1.54) is 0 Å². The summed E-state index contributed by atoms with van der Waals surface area (Å²) in [5, 5.41) is 6.04. The maximum Gasteiger partial charge on any atom is 0.257 e. The van der Waals surface area contributed by atoms with Crippen LogP contribution in [0.15, 0.2) is 65.3 Å². The molecule has 5 rings (SSSR count). The lowest BCUT2D eigenvalue weighted by atomic mass is 10.0. The van der Waals surface area contributed by atoms with Gasteiger partial charge in [-0.05, 0) is 48.9 Å². The third-order valence-electron chi connectivity index (χ3n) is 6.17. The lowest BCUT2D eigenvalue weighted by molar-refractivity contribution is 0.0742. The Bertz CT molecular complexity index is 1260. The molecule has 1 fully saturated rings. The number of benzene rings is 2. The molecule has 0 saturated carbocycles. The average Bonchev–Trinajstić information content (AvgIpc) is 3.19. The summed E-state index contributed by atoms with van der Waals surface area (Å²) >= 11 is 0. The van der Waals surface area contributed by atoms with Gasteiger partial charge in [0.25, 0.3) is 5.91 Å². The van der Waals surface area contributed by atoms with Gasteiger partial charge in [0.05, 0.1) is 16.8 Å². The number of piperazine rings is 1. The van der Waals surface area contributed by atoms with Crippen molar-refractivity contribution in [3.8, 4) is 5.75 Å². The van der Waals surface area contributed by atoms with Crippen LogP contribution in [-0.2, 0) is 6.61 Å². The maximum atomic E-state index is 13.6. The number of hydrogen-bond donors (Lipinski definition) is 0. The first kappa shape index (κ1) is 21.0. The fourth-order valence-corrected chi connectivity index (χ4v) is 4.21. The Balaban J connectivity index is 1.39. The van der Waals surface area contributed by atoms with Gasteiger partial charge in [0.2, 0.25) is 0 Å². The smallest absolute Gasteiger partial charge is 0.257 e. The van der Waals surface area contributed by atoms with E-state index < -0.39 is 0 Å². The first-order chi connectivity index (χ1) is 16.1. The highest BCUT2D eigenvalue weighted by molar-refractivity contribution is 6.01. The van der Waals surface area contributed by atoms with Crippen molar-refractivity contribution in [2.24, 2.45) is 0 Å². The number of anilines is 1. The molecule has 0 bridgehead atoms. The van der Waals surface area contributed by atoms with Gasteiger partial charge >= 0.3 is 0 Å². The van der Waals surface area contributed by atoms with Gasteiger partial charge in [0.15, 0.2) is 0 Å². The van der Waals surface area contributed by atoms with Crippen molar-refractivity contribution in [3.63, 3.8) is 0 Å². The predicted octanol–water partition coefficient (Wildman–Crippen LogP) is 4.38. The van der Waals surface area contributed by atoms with E-state index in [9.17, 15) is 4.79 Å². The minimum absolute atomic E-state index is 0.0183. The van der Waals surface area contributed by atoms with Crippen LogP contribution in [0.1, 0.15) is 27.4 Å². The zero-order valence-electron chi connectivity index (χ0n) is 18.8. The van der Waals surface area contributed by atoms with E-state index in [1.54, 1.807) is 6.20 Å². The molecule has 1 aliphatic heterocycles. The summed E-state index contributed by atoms with van der Waals surface area (Å²) in [4.78, 5) is 22.1. The van der Waals surface area contributed by atoms with Crippen LogP contribution in [0.3, 0.4) is 0 Å². The van der Waals surface area contributed by atoms with Gasteiger partial charge < -0.3 is 19.1 Å². The summed E-state index contributed by atoms with van der Waals surface area (Å²) in [6.07, 6.45) is 1.80. The summed E-state index contributed by atoms with van der Waals surface area (Å²) in [5.41, 5.74) is 2.28. The highest BCUT2D eigenvalue weighted by atomic mass is 16.5. The molecular weight excluding hydrogens is 416 g/mol. The van der Waals surface area contributed by atoms with Gasteiger partial charge in [0, 0.05) is 32.4 Å². The first-order valence-electron chi connectivity index (χ1n) is 11.1. The van der Waals surface area contributed by atoms with Crippen LogP contribution in [0.4, 0.5) is 5.82 Å². The number of ether oxygens (including phenoxy) is 1. The van der Waals surface area contributed by atoms with Crippen molar-refractivity contribution in [2.45, 2.75) is 20.5 Å². The Morgan fingerprint density at radius 2 is 1.73 bits per heavy atom. The fourth-order valence-electron chi connectivity index (χ4n) is 4.21. The van der Waals surface area contributed by atoms with Crippen LogP contribution >= 0.6 is 0 Å². The van der Waals surface area contributed by atoms with E-state index in [4.69, 9.17) is 9.26 Å². The number of fused-ring (bicyclic) bond motifs is 1. The predicted molar refractivity (Wildman–Crippen MR) is 127 cm³/mol. The van der Waals surface area contributed by atoms with Crippen molar-refractivity contribution in [1.29, 1.82) is 0 Å². The zero-order valence-corrected chi connectivity index (χ0v) is 18.8. The van der Waals surface area contributed by atoms with E-state index in [-0.39, 0.29) is 5.91 Å². The minimum Gasteiger partial charge on any atom is -0.488 e. The normalized spacial score (nSPS) is 14.0. The summed E-state index contributed by atoms with van der Waals surface area (Å²) in [5.74, 6) is 2.23. The Labute approximate surface area is 192 Å². The molecule has 7 nitrogen and oxygen atoms in total. The van der Waals surface area contributed by atoms with Crippen LogP contribution in [0.2, 0.25) is 0 Å². The number of carbonyl (C=O) groups is 1. The second kappa shape index (κ2) is 8.94. The second-order valence-corrected chi connectivity index (χ2v) is 8.25. The molecule has 3 heterocycles. The Hall–Kier alpha value is -3.87. The SMILES string of the molecule is Cc1noc(C)c1COc1cc2ccccc2cc1C(=O)N1CCN(c2ccccn2)CC1. The first-order valence-corrected chi connectivity index (χ1v) is 11.1. The standard InChI is InChI=1S/C26H26N4O3/c1-18-23(19(2)33-28-18)17-32-24-16-21-8-4-3-7-20(21)15-22(24)26(31)30-13-11-29(12-14-30)25-9-5-6-10-27-25/h3-10,15-16H,11-14,17H2,1-2H3. The lowest BCUT2D eigenvalue weighted by Crippen LogP contribution is -2.49. The van der Waals surface area contributed by atoms with Gasteiger partial charge in [-0.1, -0.05) is 35.5 Å². The van der Waals surface area contributed by atoms with Crippen LogP contribution in [0, 0.1) is 13.8 Å². The molecule has 4 aromatic rings. The third-order valence-corrected chi connectivity index (χ3v) is 6.17. The van der Waals surface area contributed by atoms with E-state index >= 15 is 0 Å². The molecule has 0 unspecified atom stereocenters. The van der Waals surface area contributed by atoms with Gasteiger partial charge in [0.1, 0.15) is 23.9 Å². The molecule has 0 aliphatic carbocycles. The highest BCUT2D eigenvalue weighted by Gasteiger charge is 2.25. The van der Waals surface area contributed by atoms with Crippen LogP contribution < -0.4 is 9.64 Å². The average molecular weight is 443 g/mol. The largest absolute Gasteiger partial charge is 0.488 e. The summed E-state index contributed by atoms with van der Waals surface area (Å²) in [7, 11) is 0. The van der Waals surface area contributed by atoms with Crippen LogP contribution in [0.5, 0.6) is 5.75 Å². The van der Waals surface area contributed by atoms with Gasteiger partial charge in [-0.25, -0.2) is 4.98 Å². The van der Waals surface area contributed by atoms with Gasteiger partial charge in [-0.15, -0.1) is 0 Å². The molecule has 1 aliphatic rings. The van der Waals surface area contributed by atoms with Crippen molar-refractivity contribution < 1.29 is 14.1 Å². The molecule has 7 heteroatoms. The number of carbonyl (C=O) groups excluding carboxylic acids is 1. The molecule has 33 heavy (non-hydrogen) atoms. The van der Waals surface area contributed by atoms with E-state index in [2.05, 4.69) is 15.0 Å². The van der Waals surface area contributed by atoms with Gasteiger partial charge in [-0.3, -0.25) is 4.79 Å². The molecule has 0 N–H and O–H groups in total. The second-order valence-electron chi connectivity index (χ2n) is 8.25. The maximum absolute atomic E-state index is 13.6. The van der Waals surface area contributed by atoms with Crippen LogP contribution in [0.25, 0.3) is 10.8 Å². The molecule has 1 amide bonds. The zero-order chi connectivity index (χ0) is 22.8. The van der Waals surface area contributed by atoms with Crippen molar-refractivity contribution >= 4 is 22.5 Å². The number of nitrogens with zero attached hydrogens (tertiary/aromatic N) is 4. The number of rotatable bonds is 5. The van der Waals surface area contributed by atoms with E-state index in [0.29, 0.717) is 31.0 Å². The van der Waals surface area contributed by atoms with E-state index in [0.717, 1.165) is 46.7 Å². The number of amides is 1. The van der Waals surface area contributed by atoms with E-state index in [1.807, 2.05) is 73.3 Å². The Morgan fingerprint density at radius 3 is 2.39 bits per heavy atom. The number of hydrogen-bond acceptors (Lipinski definition) is 6. The molecule has 2 aromatic carbocycles. The van der Waals surface area contributed by atoms with Crippen molar-refractivity contribution in [2.75, 3.05) is 31.1 Å². The molecule has 0 spiro atoms. The molecule has 2 aromatic heterocycles. The number of aryl methyl sites for hydroxylation is 2. The molecule has 0 atom stereocenters. The third kappa shape index (κ3) is 4.26. The highest BCUT2D eigenvalue weighted by Crippen LogP contribution is 2.29. The molecule has 168 valence electrons. The quantitative estimate of drug-likeness (QED) is 0.457. The summed E-state index contributed by atoms with van der Waals surface area (Å²) in [6.45, 7) is 6.80. The Morgan fingerprint density at radius 1 is 1.00 bits per heavy atom. The van der Waals surface area contributed by atoms with Crippen LogP contribution in [-0.4, -0.2) is 47.1 Å². The van der Waals surface area contributed by atoms with Crippen molar-refractivity contribution in [1.82, 2.24) is 15.0 Å². The monoisotopic (exact) mass is 442 g/mol. The summed E-state index contributed by atoms with van der Waals surface area (Å²) < 4.78 is 11.4. The minimum atomic E-state index is -0.0183. The fraction of sp³-hybridized carbons (Fsp3) is 0.269. The number of aromatic nitrogens is 2. The van der Waals surface area contributed by atoms with Gasteiger partial charge in [-0.2, -0.15) is 0 Å². The molecule has 1 saturated heterocycles. The van der Waals surface area contributed by atoms with Crippen molar-refractivity contribution in [3.05, 3.63) is 83.4 Å². The Kier molecular flexibility index (Phi) is 5.69. The summed E-state index contributed by atoms with van der Waals surface area (Å²) in [6, 6.07) is 17.8.